The number of aliphatic hydroxyl groups excluding tert-OH is 1. The third-order valence-electron chi connectivity index (χ3n) is 19.7. The van der Waals surface area contributed by atoms with E-state index in [-0.39, 0.29) is 19.1 Å². The average molecular weight is 1320 g/mol. The van der Waals surface area contributed by atoms with Crippen LogP contribution in [0.3, 0.4) is 0 Å². The minimum absolute atomic E-state index is 0.0160. The Morgan fingerprint density at radius 3 is 0.902 bits per heavy atom. The fourth-order valence-corrected chi connectivity index (χ4v) is 14.0. The minimum atomic E-state index is -4.58. The van der Waals surface area contributed by atoms with Crippen molar-refractivity contribution in [2.24, 2.45) is 0 Å². The fraction of sp³-hybridized carbons (Fsp3) is 0.940. The molecule has 8 nitrogen and oxygen atoms in total. The van der Waals surface area contributed by atoms with E-state index in [0.717, 1.165) is 44.9 Å². The molecule has 3 atom stereocenters. The molecule has 92 heavy (non-hydrogen) atoms. The Balaban J connectivity index is 3.86. The fourth-order valence-electron chi connectivity index (χ4n) is 13.3. The standard InChI is InChI=1S/C83H165N2O6P/c1-6-8-10-12-14-16-18-20-22-24-26-28-30-32-34-36-37-38-39-40-41-42-43-44-45-46-47-49-51-53-55-57-59-61-63-65-67-69-71-73-75-77-83(87)84-81(80-91-92(88,89)90-79-78-85(3,4)5)82(86)76-74-72-70-68-66-64-62-60-58-56-54-52-50-48-35-33-31-29-27-25-23-21-19-17-15-13-11-9-7-2/h18,20,24,26,81-82,86H,6-17,19,21-23,25,27-80H2,1-5H3,(H-,84,87,88,89)/b20-18-,26-24-. The van der Waals surface area contributed by atoms with Gasteiger partial charge < -0.3 is 28.8 Å². The summed E-state index contributed by atoms with van der Waals surface area (Å²) in [5, 5.41) is 14.2. The van der Waals surface area contributed by atoms with E-state index in [1.165, 1.54) is 379 Å². The molecule has 0 aromatic carbocycles. The van der Waals surface area contributed by atoms with Crippen LogP contribution in [-0.4, -0.2) is 68.5 Å². The number of nitrogens with zero attached hydrogens (tertiary/aromatic N) is 1. The van der Waals surface area contributed by atoms with Crippen LogP contribution in [0.4, 0.5) is 0 Å². The van der Waals surface area contributed by atoms with Gasteiger partial charge in [-0.05, 0) is 44.9 Å². The molecule has 0 aromatic rings. The number of hydrogen-bond donors (Lipinski definition) is 2. The van der Waals surface area contributed by atoms with Gasteiger partial charge in [0.1, 0.15) is 13.2 Å². The molecule has 0 rings (SSSR count). The lowest BCUT2D eigenvalue weighted by Gasteiger charge is -2.30. The zero-order chi connectivity index (χ0) is 66.9. The zero-order valence-electron chi connectivity index (χ0n) is 63.1. The van der Waals surface area contributed by atoms with Crippen molar-refractivity contribution in [2.45, 2.75) is 463 Å². The molecule has 548 valence electrons. The molecule has 0 bridgehead atoms. The summed E-state index contributed by atoms with van der Waals surface area (Å²) < 4.78 is 23.6. The average Bonchev–Trinajstić information content (AvgIpc) is 2.63. The number of allylic oxidation sites excluding steroid dienone is 4. The summed E-state index contributed by atoms with van der Waals surface area (Å²) in [5.41, 5.74) is 0. The van der Waals surface area contributed by atoms with Gasteiger partial charge in [-0.3, -0.25) is 9.36 Å². The molecule has 0 radical (unpaired) electrons. The number of carbonyl (C=O) groups excluding carboxylic acids is 1. The van der Waals surface area contributed by atoms with E-state index < -0.39 is 20.0 Å². The van der Waals surface area contributed by atoms with Gasteiger partial charge in [-0.25, -0.2) is 0 Å². The van der Waals surface area contributed by atoms with Crippen LogP contribution in [0.15, 0.2) is 24.3 Å². The summed E-state index contributed by atoms with van der Waals surface area (Å²) in [6, 6.07) is -0.800. The molecular weight excluding hydrogens is 1150 g/mol. The van der Waals surface area contributed by atoms with Gasteiger partial charge >= 0.3 is 0 Å². The lowest BCUT2D eigenvalue weighted by molar-refractivity contribution is -0.870. The number of rotatable bonds is 79. The maximum Gasteiger partial charge on any atom is 0.268 e. The molecule has 1 amide bonds. The number of amides is 1. The first-order valence-corrected chi connectivity index (χ1v) is 43.1. The second-order valence-corrected chi connectivity index (χ2v) is 31.6. The number of nitrogens with one attached hydrogen (secondary N) is 1. The maximum atomic E-state index is 13.1. The first-order chi connectivity index (χ1) is 45.0. The first kappa shape index (κ1) is 91.0. The predicted molar refractivity (Wildman–Crippen MR) is 404 cm³/mol. The van der Waals surface area contributed by atoms with Crippen LogP contribution in [0.1, 0.15) is 450 Å². The number of likely N-dealkylation sites (N-methyl/N-ethyl adjacent to an activating group) is 1. The molecule has 0 aromatic heterocycles. The molecule has 0 aliphatic rings. The Bertz CT molecular complexity index is 1550. The Kier molecular flexibility index (Phi) is 73.4. The summed E-state index contributed by atoms with van der Waals surface area (Å²) in [6.45, 7) is 4.79. The quantitative estimate of drug-likeness (QED) is 0.0272. The largest absolute Gasteiger partial charge is 0.756 e. The van der Waals surface area contributed by atoms with E-state index >= 15 is 0 Å². The molecule has 0 spiro atoms. The number of quaternary nitrogens is 1. The van der Waals surface area contributed by atoms with E-state index in [2.05, 4.69) is 43.5 Å². The van der Waals surface area contributed by atoms with Crippen molar-refractivity contribution in [3.05, 3.63) is 24.3 Å². The SMILES string of the molecule is CCCCCCC/C=C\C/C=C\CCCCCCCCCCCCCCCCCCCCCCCCCCCCCCCC(=O)NC(COP(=O)([O-])OCC[N+](C)(C)C)C(O)CCCCCCCCCCCCCCCCCCCCCCCCCCCCCCC. The van der Waals surface area contributed by atoms with Gasteiger partial charge in [-0.2, -0.15) is 0 Å². The molecule has 0 aliphatic carbocycles. The number of aliphatic hydroxyl groups is 1. The third kappa shape index (κ3) is 76.3. The summed E-state index contributed by atoms with van der Waals surface area (Å²) in [6.07, 6.45) is 98.9. The van der Waals surface area contributed by atoms with Crippen molar-refractivity contribution < 1.29 is 32.9 Å². The first-order valence-electron chi connectivity index (χ1n) is 41.7. The van der Waals surface area contributed by atoms with Gasteiger partial charge in [0, 0.05) is 6.42 Å². The molecule has 2 N–H and O–H groups in total. The van der Waals surface area contributed by atoms with E-state index in [1.54, 1.807) is 0 Å². The highest BCUT2D eigenvalue weighted by molar-refractivity contribution is 7.45. The van der Waals surface area contributed by atoms with Crippen LogP contribution < -0.4 is 10.2 Å². The van der Waals surface area contributed by atoms with Crippen molar-refractivity contribution >= 4 is 13.7 Å². The monoisotopic (exact) mass is 1320 g/mol. The Morgan fingerprint density at radius 2 is 0.630 bits per heavy atom. The topological polar surface area (TPSA) is 108 Å². The smallest absolute Gasteiger partial charge is 0.268 e. The number of hydrogen-bond acceptors (Lipinski definition) is 6. The highest BCUT2D eigenvalue weighted by Crippen LogP contribution is 2.38. The second kappa shape index (κ2) is 74.2. The Hall–Kier alpha value is -1.02. The van der Waals surface area contributed by atoms with Crippen molar-refractivity contribution in [2.75, 3.05) is 40.9 Å². The molecule has 0 saturated heterocycles. The third-order valence-corrected chi connectivity index (χ3v) is 20.7. The number of unbranched alkanes of at least 4 members (excludes halogenated alkanes) is 62. The maximum absolute atomic E-state index is 13.1. The highest BCUT2D eigenvalue weighted by atomic mass is 31.2. The summed E-state index contributed by atoms with van der Waals surface area (Å²) in [4.78, 5) is 25.8. The molecule has 0 heterocycles. The second-order valence-electron chi connectivity index (χ2n) is 30.2. The van der Waals surface area contributed by atoms with Crippen molar-refractivity contribution in [3.8, 4) is 0 Å². The molecule has 0 aliphatic heterocycles. The van der Waals surface area contributed by atoms with Crippen molar-refractivity contribution in [1.29, 1.82) is 0 Å². The van der Waals surface area contributed by atoms with Crippen LogP contribution >= 0.6 is 7.82 Å². The normalized spacial score (nSPS) is 13.5. The minimum Gasteiger partial charge on any atom is -0.756 e. The molecule has 3 unspecified atom stereocenters. The number of phosphoric ester groups is 1. The van der Waals surface area contributed by atoms with Crippen LogP contribution in [0.5, 0.6) is 0 Å². The highest BCUT2D eigenvalue weighted by Gasteiger charge is 2.24. The van der Waals surface area contributed by atoms with Gasteiger partial charge in [0.25, 0.3) is 7.82 Å². The summed E-state index contributed by atoms with van der Waals surface area (Å²) >= 11 is 0. The Labute approximate surface area is 576 Å². The van der Waals surface area contributed by atoms with Gasteiger partial charge in [0.15, 0.2) is 0 Å². The van der Waals surface area contributed by atoms with Crippen LogP contribution in [0.25, 0.3) is 0 Å². The van der Waals surface area contributed by atoms with Crippen LogP contribution in [0, 0.1) is 0 Å². The van der Waals surface area contributed by atoms with E-state index in [0.29, 0.717) is 23.9 Å². The van der Waals surface area contributed by atoms with Crippen molar-refractivity contribution in [3.63, 3.8) is 0 Å². The molecular formula is C83H165N2O6P. The Morgan fingerprint density at radius 1 is 0.380 bits per heavy atom. The van der Waals surface area contributed by atoms with Gasteiger partial charge in [-0.1, -0.05) is 423 Å². The van der Waals surface area contributed by atoms with Gasteiger partial charge in [0.2, 0.25) is 5.91 Å². The number of phosphoric acid groups is 1. The summed E-state index contributed by atoms with van der Waals surface area (Å²) in [5.74, 6) is -0.153. The summed E-state index contributed by atoms with van der Waals surface area (Å²) in [7, 11) is 1.33. The van der Waals surface area contributed by atoms with E-state index in [9.17, 15) is 19.4 Å². The lowest BCUT2D eigenvalue weighted by Crippen LogP contribution is -2.46. The van der Waals surface area contributed by atoms with Gasteiger partial charge in [-0.15, -0.1) is 0 Å². The number of carbonyl (C=O) groups is 1. The van der Waals surface area contributed by atoms with Gasteiger partial charge in [0.05, 0.1) is 39.9 Å². The van der Waals surface area contributed by atoms with E-state index in [1.807, 2.05) is 21.1 Å². The predicted octanol–water partition coefficient (Wildman–Crippen LogP) is 26.7. The van der Waals surface area contributed by atoms with Crippen LogP contribution in [-0.2, 0) is 18.4 Å². The molecule has 9 heteroatoms. The lowest BCUT2D eigenvalue weighted by atomic mass is 10.0. The van der Waals surface area contributed by atoms with Crippen molar-refractivity contribution in [1.82, 2.24) is 5.32 Å². The van der Waals surface area contributed by atoms with Crippen LogP contribution in [0.2, 0.25) is 0 Å². The molecule has 0 fully saturated rings. The zero-order valence-corrected chi connectivity index (χ0v) is 63.9. The van der Waals surface area contributed by atoms with E-state index in [4.69, 9.17) is 9.05 Å². The molecule has 0 saturated carbocycles.